The summed E-state index contributed by atoms with van der Waals surface area (Å²) >= 11 is 5.78. The minimum Gasteiger partial charge on any atom is -0.324 e. The summed E-state index contributed by atoms with van der Waals surface area (Å²) < 4.78 is 13.9. The Morgan fingerprint density at radius 2 is 1.74 bits per heavy atom. The monoisotopic (exact) mass is 283 g/mol. The standard InChI is InChI=1S/C16H23ClFN/c1-10(2)11-3-5-12(6-4-11)16(19)14-8-7-13(17)9-15(14)18/h7-12,16H,3-6,19H2,1-2H3. The first kappa shape index (κ1) is 14.8. The van der Waals surface area contributed by atoms with Crippen LogP contribution in [0.4, 0.5) is 4.39 Å². The van der Waals surface area contributed by atoms with Gasteiger partial charge in [0.15, 0.2) is 0 Å². The molecule has 0 heterocycles. The maximum absolute atomic E-state index is 13.9. The van der Waals surface area contributed by atoms with E-state index >= 15 is 0 Å². The van der Waals surface area contributed by atoms with E-state index in [4.69, 9.17) is 17.3 Å². The lowest BCUT2D eigenvalue weighted by Gasteiger charge is -2.34. The third-order valence-electron chi connectivity index (χ3n) is 4.59. The Bertz CT molecular complexity index is 425. The minimum atomic E-state index is -0.272. The van der Waals surface area contributed by atoms with E-state index in [2.05, 4.69) is 13.8 Å². The molecule has 0 bridgehead atoms. The number of rotatable bonds is 3. The molecule has 3 heteroatoms. The number of halogens is 2. The molecule has 1 fully saturated rings. The first-order valence-corrected chi connectivity index (χ1v) is 7.57. The van der Waals surface area contributed by atoms with Crippen molar-refractivity contribution in [3.63, 3.8) is 0 Å². The van der Waals surface area contributed by atoms with Crippen LogP contribution in [0.5, 0.6) is 0 Å². The van der Waals surface area contributed by atoms with E-state index in [1.165, 1.54) is 18.9 Å². The highest BCUT2D eigenvalue weighted by Crippen LogP contribution is 2.39. The molecule has 2 N–H and O–H groups in total. The van der Waals surface area contributed by atoms with E-state index in [0.717, 1.165) is 24.7 Å². The van der Waals surface area contributed by atoms with Gasteiger partial charge in [0.2, 0.25) is 0 Å². The Hall–Kier alpha value is -0.600. The van der Waals surface area contributed by atoms with Gasteiger partial charge >= 0.3 is 0 Å². The van der Waals surface area contributed by atoms with E-state index in [9.17, 15) is 4.39 Å². The third kappa shape index (κ3) is 3.49. The van der Waals surface area contributed by atoms with Gasteiger partial charge in [0.25, 0.3) is 0 Å². The summed E-state index contributed by atoms with van der Waals surface area (Å²) in [6, 6.07) is 4.61. The molecule has 1 aromatic rings. The lowest BCUT2D eigenvalue weighted by atomic mass is 9.73. The van der Waals surface area contributed by atoms with E-state index in [1.807, 2.05) is 0 Å². The Kier molecular flexibility index (Phi) is 4.86. The fraction of sp³-hybridized carbons (Fsp3) is 0.625. The van der Waals surface area contributed by atoms with Gasteiger partial charge in [-0.15, -0.1) is 0 Å². The number of hydrogen-bond donors (Lipinski definition) is 1. The fourth-order valence-electron chi connectivity index (χ4n) is 3.20. The molecular formula is C16H23ClFN. The maximum Gasteiger partial charge on any atom is 0.129 e. The van der Waals surface area contributed by atoms with Crippen LogP contribution in [-0.4, -0.2) is 0 Å². The highest BCUT2D eigenvalue weighted by Gasteiger charge is 2.28. The molecule has 1 saturated carbocycles. The number of benzene rings is 1. The first-order chi connectivity index (χ1) is 8.99. The normalized spacial score (nSPS) is 25.6. The molecule has 0 saturated heterocycles. The molecule has 0 radical (unpaired) electrons. The van der Waals surface area contributed by atoms with E-state index in [-0.39, 0.29) is 11.9 Å². The molecule has 2 rings (SSSR count). The molecule has 1 unspecified atom stereocenters. The maximum atomic E-state index is 13.9. The number of hydrogen-bond acceptors (Lipinski definition) is 1. The largest absolute Gasteiger partial charge is 0.324 e. The zero-order valence-electron chi connectivity index (χ0n) is 11.7. The molecule has 1 nitrogen and oxygen atoms in total. The van der Waals surface area contributed by atoms with Crippen LogP contribution in [0.2, 0.25) is 5.02 Å². The van der Waals surface area contributed by atoms with Crippen LogP contribution in [0.25, 0.3) is 0 Å². The van der Waals surface area contributed by atoms with Crippen molar-refractivity contribution >= 4 is 11.6 Å². The lowest BCUT2D eigenvalue weighted by Crippen LogP contribution is -2.28. The molecule has 0 aromatic heterocycles. The van der Waals surface area contributed by atoms with Gasteiger partial charge < -0.3 is 5.73 Å². The molecule has 0 spiro atoms. The molecular weight excluding hydrogens is 261 g/mol. The minimum absolute atomic E-state index is 0.203. The first-order valence-electron chi connectivity index (χ1n) is 7.19. The lowest BCUT2D eigenvalue weighted by molar-refractivity contribution is 0.202. The van der Waals surface area contributed by atoms with Gasteiger partial charge in [-0.2, -0.15) is 0 Å². The van der Waals surface area contributed by atoms with E-state index < -0.39 is 0 Å². The van der Waals surface area contributed by atoms with Gasteiger partial charge in [-0.05, 0) is 55.6 Å². The average Bonchev–Trinajstić information content (AvgIpc) is 2.38. The Labute approximate surface area is 120 Å². The van der Waals surface area contributed by atoms with Gasteiger partial charge in [-0.25, -0.2) is 4.39 Å². The van der Waals surface area contributed by atoms with Crippen molar-refractivity contribution in [1.82, 2.24) is 0 Å². The van der Waals surface area contributed by atoms with Gasteiger partial charge in [0.05, 0.1) is 0 Å². The Morgan fingerprint density at radius 1 is 1.16 bits per heavy atom. The molecule has 0 amide bonds. The smallest absolute Gasteiger partial charge is 0.129 e. The van der Waals surface area contributed by atoms with Crippen LogP contribution in [0.15, 0.2) is 18.2 Å². The van der Waals surface area contributed by atoms with E-state index in [1.54, 1.807) is 12.1 Å². The topological polar surface area (TPSA) is 26.0 Å². The SMILES string of the molecule is CC(C)C1CCC(C(N)c2ccc(Cl)cc2F)CC1. The zero-order chi connectivity index (χ0) is 14.0. The molecule has 1 atom stereocenters. The Balaban J connectivity index is 2.03. The summed E-state index contributed by atoms with van der Waals surface area (Å²) in [5.41, 5.74) is 6.87. The average molecular weight is 284 g/mol. The fourth-order valence-corrected chi connectivity index (χ4v) is 3.36. The van der Waals surface area contributed by atoms with Gasteiger partial charge in [0, 0.05) is 16.6 Å². The van der Waals surface area contributed by atoms with Gasteiger partial charge in [-0.1, -0.05) is 31.5 Å². The van der Waals surface area contributed by atoms with Gasteiger partial charge in [0.1, 0.15) is 5.82 Å². The van der Waals surface area contributed by atoms with Crippen molar-refractivity contribution in [2.24, 2.45) is 23.5 Å². The van der Waals surface area contributed by atoms with Crippen LogP contribution in [-0.2, 0) is 0 Å². The van der Waals surface area contributed by atoms with Gasteiger partial charge in [-0.3, -0.25) is 0 Å². The summed E-state index contributed by atoms with van der Waals surface area (Å²) in [4.78, 5) is 0. The highest BCUT2D eigenvalue weighted by molar-refractivity contribution is 6.30. The van der Waals surface area contributed by atoms with Crippen LogP contribution in [0.1, 0.15) is 51.1 Å². The summed E-state index contributed by atoms with van der Waals surface area (Å²) in [6.07, 6.45) is 4.63. The van der Waals surface area contributed by atoms with Crippen molar-refractivity contribution in [1.29, 1.82) is 0 Å². The molecule has 1 aromatic carbocycles. The van der Waals surface area contributed by atoms with E-state index in [0.29, 0.717) is 16.5 Å². The quantitative estimate of drug-likeness (QED) is 0.835. The van der Waals surface area contributed by atoms with Crippen LogP contribution >= 0.6 is 11.6 Å². The molecule has 1 aliphatic rings. The summed E-state index contributed by atoms with van der Waals surface area (Å²) in [5.74, 6) is 1.67. The van der Waals surface area contributed by atoms with Crippen LogP contribution in [0, 0.1) is 23.6 Å². The van der Waals surface area contributed by atoms with Crippen molar-refractivity contribution in [3.8, 4) is 0 Å². The summed E-state index contributed by atoms with van der Waals surface area (Å²) in [5, 5.41) is 0.428. The van der Waals surface area contributed by atoms with Crippen LogP contribution in [0.3, 0.4) is 0 Å². The third-order valence-corrected chi connectivity index (χ3v) is 4.82. The summed E-state index contributed by atoms with van der Waals surface area (Å²) in [6.45, 7) is 4.56. The van der Waals surface area contributed by atoms with Crippen molar-refractivity contribution < 1.29 is 4.39 Å². The zero-order valence-corrected chi connectivity index (χ0v) is 12.5. The Morgan fingerprint density at radius 3 is 2.26 bits per heavy atom. The second kappa shape index (κ2) is 6.23. The predicted octanol–water partition coefficient (Wildman–Crippen LogP) is 4.94. The molecule has 0 aliphatic heterocycles. The second-order valence-corrected chi connectivity index (χ2v) is 6.55. The molecule has 106 valence electrons. The number of nitrogens with two attached hydrogens (primary N) is 1. The van der Waals surface area contributed by atoms with Crippen molar-refractivity contribution in [2.75, 3.05) is 0 Å². The molecule has 19 heavy (non-hydrogen) atoms. The summed E-state index contributed by atoms with van der Waals surface area (Å²) in [7, 11) is 0. The van der Waals surface area contributed by atoms with Crippen LogP contribution < -0.4 is 5.73 Å². The highest BCUT2D eigenvalue weighted by atomic mass is 35.5. The second-order valence-electron chi connectivity index (χ2n) is 6.11. The predicted molar refractivity (Wildman–Crippen MR) is 78.6 cm³/mol. The van der Waals surface area contributed by atoms with Crippen molar-refractivity contribution in [3.05, 3.63) is 34.6 Å². The molecule has 1 aliphatic carbocycles. The van der Waals surface area contributed by atoms with Crippen molar-refractivity contribution in [2.45, 2.75) is 45.6 Å².